The third-order valence-electron chi connectivity index (χ3n) is 5.40. The summed E-state index contributed by atoms with van der Waals surface area (Å²) in [6.45, 7) is 5.34. The van der Waals surface area contributed by atoms with Gasteiger partial charge in [-0.2, -0.15) is 0 Å². The van der Waals surface area contributed by atoms with Gasteiger partial charge in [-0.15, -0.1) is 0 Å². The molecule has 1 saturated heterocycles. The first-order valence-electron chi connectivity index (χ1n) is 9.39. The molecule has 0 unspecified atom stereocenters. The lowest BCUT2D eigenvalue weighted by molar-refractivity contribution is -0.138. The molecule has 1 fully saturated rings. The van der Waals surface area contributed by atoms with Crippen molar-refractivity contribution < 1.29 is 14.7 Å². The maximum Gasteiger partial charge on any atom is 0.303 e. The van der Waals surface area contributed by atoms with Crippen LogP contribution in [0.4, 0.5) is 11.4 Å². The van der Waals surface area contributed by atoms with Crippen LogP contribution < -0.4 is 5.32 Å². The number of hydrogen-bond acceptors (Lipinski definition) is 3. The van der Waals surface area contributed by atoms with Crippen molar-refractivity contribution in [1.29, 1.82) is 0 Å². The molecule has 0 aliphatic carbocycles. The van der Waals surface area contributed by atoms with E-state index < -0.39 is 5.97 Å². The third kappa shape index (κ3) is 4.48. The maximum absolute atomic E-state index is 13.1. The highest BCUT2D eigenvalue weighted by Gasteiger charge is 2.26. The molecule has 1 aliphatic heterocycles. The molecule has 0 bridgehead atoms. The number of carboxylic acids is 1. The van der Waals surface area contributed by atoms with Gasteiger partial charge >= 0.3 is 5.97 Å². The number of aliphatic carboxylic acids is 1. The van der Waals surface area contributed by atoms with Crippen LogP contribution in [0.1, 0.15) is 40.7 Å². The molecule has 0 atom stereocenters. The first kappa shape index (κ1) is 19.0. The van der Waals surface area contributed by atoms with E-state index in [0.717, 1.165) is 29.8 Å². The van der Waals surface area contributed by atoms with Crippen molar-refractivity contribution in [3.63, 3.8) is 0 Å². The second-order valence-electron chi connectivity index (χ2n) is 7.25. The fourth-order valence-electron chi connectivity index (χ4n) is 3.57. The summed E-state index contributed by atoms with van der Waals surface area (Å²) in [5, 5.41) is 12.4. The summed E-state index contributed by atoms with van der Waals surface area (Å²) < 4.78 is 0. The van der Waals surface area contributed by atoms with Crippen LogP contribution in [0.3, 0.4) is 0 Å². The minimum absolute atomic E-state index is 0.00261. The molecule has 1 amide bonds. The second kappa shape index (κ2) is 8.25. The van der Waals surface area contributed by atoms with Gasteiger partial charge in [0.1, 0.15) is 0 Å². The summed E-state index contributed by atoms with van der Waals surface area (Å²) in [4.78, 5) is 25.8. The minimum atomic E-state index is -0.761. The van der Waals surface area contributed by atoms with E-state index in [1.165, 1.54) is 5.56 Å². The standard InChI is InChI=1S/C22H26N2O3/c1-15-6-5-9-19(16(15)2)23-20-8-4-3-7-18(20)22(27)24-12-10-17(11-13-24)14-21(25)26/h3-9,17,23H,10-14H2,1-2H3,(H,25,26). The molecule has 2 aromatic carbocycles. The molecule has 0 spiro atoms. The molecule has 2 aromatic rings. The Bertz CT molecular complexity index is 839. The Balaban J connectivity index is 1.75. The maximum atomic E-state index is 13.1. The molecule has 142 valence electrons. The first-order chi connectivity index (χ1) is 13.0. The Morgan fingerprint density at radius 3 is 2.41 bits per heavy atom. The Labute approximate surface area is 160 Å². The van der Waals surface area contributed by atoms with Gasteiger partial charge in [-0.05, 0) is 61.9 Å². The Kier molecular flexibility index (Phi) is 5.79. The number of hydrogen-bond donors (Lipinski definition) is 2. The number of carboxylic acid groups (broad SMARTS) is 1. The number of carbonyl (C=O) groups excluding carboxylic acids is 1. The summed E-state index contributed by atoms with van der Waals surface area (Å²) in [5.41, 5.74) is 4.80. The number of carbonyl (C=O) groups is 2. The molecule has 0 radical (unpaired) electrons. The summed E-state index contributed by atoms with van der Waals surface area (Å²) in [6, 6.07) is 13.6. The van der Waals surface area contributed by atoms with Crippen molar-refractivity contribution in [2.75, 3.05) is 18.4 Å². The van der Waals surface area contributed by atoms with E-state index in [1.54, 1.807) is 0 Å². The fourth-order valence-corrected chi connectivity index (χ4v) is 3.57. The third-order valence-corrected chi connectivity index (χ3v) is 5.40. The van der Waals surface area contributed by atoms with Gasteiger partial charge in [-0.25, -0.2) is 0 Å². The average Bonchev–Trinajstić information content (AvgIpc) is 2.65. The molecular formula is C22H26N2O3. The number of amides is 1. The van der Waals surface area contributed by atoms with Crippen LogP contribution >= 0.6 is 0 Å². The Morgan fingerprint density at radius 1 is 1.04 bits per heavy atom. The van der Waals surface area contributed by atoms with Gasteiger partial charge in [0.2, 0.25) is 0 Å². The zero-order chi connectivity index (χ0) is 19.4. The van der Waals surface area contributed by atoms with E-state index in [4.69, 9.17) is 5.11 Å². The molecule has 2 N–H and O–H groups in total. The van der Waals surface area contributed by atoms with Crippen LogP contribution in [0.5, 0.6) is 0 Å². The highest BCUT2D eigenvalue weighted by molar-refractivity contribution is 6.00. The molecule has 27 heavy (non-hydrogen) atoms. The number of aryl methyl sites for hydroxylation is 1. The fraction of sp³-hybridized carbons (Fsp3) is 0.364. The number of nitrogens with one attached hydrogen (secondary N) is 1. The first-order valence-corrected chi connectivity index (χ1v) is 9.39. The van der Waals surface area contributed by atoms with Crippen LogP contribution in [-0.4, -0.2) is 35.0 Å². The molecular weight excluding hydrogens is 340 g/mol. The Morgan fingerprint density at radius 2 is 1.70 bits per heavy atom. The van der Waals surface area contributed by atoms with Gasteiger partial charge in [-0.1, -0.05) is 24.3 Å². The lowest BCUT2D eigenvalue weighted by Gasteiger charge is -2.32. The van der Waals surface area contributed by atoms with E-state index in [2.05, 4.69) is 25.2 Å². The van der Waals surface area contributed by atoms with Crippen LogP contribution in [0.25, 0.3) is 0 Å². The SMILES string of the molecule is Cc1cccc(Nc2ccccc2C(=O)N2CCC(CC(=O)O)CC2)c1C. The van der Waals surface area contributed by atoms with Crippen LogP contribution in [0, 0.1) is 19.8 Å². The number of para-hydroxylation sites is 1. The topological polar surface area (TPSA) is 69.6 Å². The van der Waals surface area contributed by atoms with Crippen LogP contribution in [0.15, 0.2) is 42.5 Å². The van der Waals surface area contributed by atoms with Crippen molar-refractivity contribution in [2.45, 2.75) is 33.1 Å². The van der Waals surface area contributed by atoms with Gasteiger partial charge in [0.25, 0.3) is 5.91 Å². The number of anilines is 2. The molecule has 5 heteroatoms. The number of likely N-dealkylation sites (tertiary alicyclic amines) is 1. The van der Waals surface area contributed by atoms with Gasteiger partial charge in [0.15, 0.2) is 0 Å². The number of benzene rings is 2. The quantitative estimate of drug-likeness (QED) is 0.824. The second-order valence-corrected chi connectivity index (χ2v) is 7.25. The van der Waals surface area contributed by atoms with Gasteiger partial charge in [0, 0.05) is 25.2 Å². The highest BCUT2D eigenvalue weighted by atomic mass is 16.4. The van der Waals surface area contributed by atoms with E-state index in [1.807, 2.05) is 41.3 Å². The molecule has 1 heterocycles. The molecule has 5 nitrogen and oxygen atoms in total. The summed E-state index contributed by atoms with van der Waals surface area (Å²) in [5.74, 6) is -0.602. The molecule has 3 rings (SSSR count). The predicted octanol–water partition coefficient (Wildman–Crippen LogP) is 4.37. The lowest BCUT2D eigenvalue weighted by Crippen LogP contribution is -2.39. The minimum Gasteiger partial charge on any atom is -0.481 e. The number of rotatable bonds is 5. The lowest BCUT2D eigenvalue weighted by atomic mass is 9.93. The molecule has 1 aliphatic rings. The number of piperidine rings is 1. The predicted molar refractivity (Wildman–Crippen MR) is 107 cm³/mol. The van der Waals surface area contributed by atoms with E-state index in [9.17, 15) is 9.59 Å². The van der Waals surface area contributed by atoms with Gasteiger partial charge in [-0.3, -0.25) is 9.59 Å². The normalized spacial score (nSPS) is 14.8. The summed E-state index contributed by atoms with van der Waals surface area (Å²) >= 11 is 0. The van der Waals surface area contributed by atoms with Crippen molar-refractivity contribution >= 4 is 23.3 Å². The smallest absolute Gasteiger partial charge is 0.303 e. The van der Waals surface area contributed by atoms with Crippen LogP contribution in [-0.2, 0) is 4.79 Å². The average molecular weight is 366 g/mol. The van der Waals surface area contributed by atoms with Gasteiger partial charge in [0.05, 0.1) is 11.3 Å². The van der Waals surface area contributed by atoms with Gasteiger partial charge < -0.3 is 15.3 Å². The summed E-state index contributed by atoms with van der Waals surface area (Å²) in [7, 11) is 0. The van der Waals surface area contributed by atoms with Crippen LogP contribution in [0.2, 0.25) is 0 Å². The zero-order valence-corrected chi connectivity index (χ0v) is 15.9. The monoisotopic (exact) mass is 366 g/mol. The largest absolute Gasteiger partial charge is 0.481 e. The van der Waals surface area contributed by atoms with Crippen molar-refractivity contribution in [3.8, 4) is 0 Å². The van der Waals surface area contributed by atoms with E-state index >= 15 is 0 Å². The van der Waals surface area contributed by atoms with Crippen molar-refractivity contribution in [3.05, 3.63) is 59.2 Å². The highest BCUT2D eigenvalue weighted by Crippen LogP contribution is 2.28. The molecule has 0 saturated carbocycles. The Hall–Kier alpha value is -2.82. The van der Waals surface area contributed by atoms with E-state index in [-0.39, 0.29) is 18.2 Å². The molecule has 0 aromatic heterocycles. The number of nitrogens with zero attached hydrogens (tertiary/aromatic N) is 1. The van der Waals surface area contributed by atoms with E-state index in [0.29, 0.717) is 18.7 Å². The zero-order valence-electron chi connectivity index (χ0n) is 15.9. The van der Waals surface area contributed by atoms with Crippen molar-refractivity contribution in [1.82, 2.24) is 4.90 Å². The van der Waals surface area contributed by atoms with Crippen molar-refractivity contribution in [2.24, 2.45) is 5.92 Å². The summed E-state index contributed by atoms with van der Waals surface area (Å²) in [6.07, 6.45) is 1.67.